The Morgan fingerprint density at radius 2 is 2.04 bits per heavy atom. The molecular formula is C13H21ClN4O4S. The summed E-state index contributed by atoms with van der Waals surface area (Å²) in [6.45, 7) is 2.46. The van der Waals surface area contributed by atoms with Gasteiger partial charge in [-0.05, 0) is 6.07 Å². The number of pyridine rings is 1. The minimum atomic E-state index is -3.75. The van der Waals surface area contributed by atoms with Gasteiger partial charge in [0.1, 0.15) is 4.90 Å². The molecule has 1 aromatic heterocycles. The summed E-state index contributed by atoms with van der Waals surface area (Å²) in [4.78, 5) is 17.7. The Morgan fingerprint density at radius 3 is 2.57 bits per heavy atom. The summed E-state index contributed by atoms with van der Waals surface area (Å²) in [6, 6.07) is 2.88. The van der Waals surface area contributed by atoms with Crippen LogP contribution in [0.25, 0.3) is 0 Å². The van der Waals surface area contributed by atoms with E-state index in [9.17, 15) is 13.2 Å². The van der Waals surface area contributed by atoms with Crippen molar-refractivity contribution in [3.63, 3.8) is 0 Å². The normalized spacial score (nSPS) is 15.2. The first-order chi connectivity index (χ1) is 10.4. The van der Waals surface area contributed by atoms with E-state index in [1.54, 1.807) is 4.90 Å². The molecule has 130 valence electrons. The molecular weight excluding hydrogens is 344 g/mol. The molecule has 8 nitrogen and oxygen atoms in total. The third-order valence-electron chi connectivity index (χ3n) is 3.45. The molecule has 0 spiro atoms. The summed E-state index contributed by atoms with van der Waals surface area (Å²) in [5.41, 5.74) is 0. The van der Waals surface area contributed by atoms with E-state index in [1.165, 1.54) is 32.5 Å². The SMILES string of the molecule is COc1ccc(S(=O)(=O)N(C)CC(=O)N2CCNCC2)cn1.Cl. The van der Waals surface area contributed by atoms with Crippen LogP contribution in [0, 0.1) is 0 Å². The molecule has 1 saturated heterocycles. The van der Waals surface area contributed by atoms with Crippen LogP contribution < -0.4 is 10.1 Å². The van der Waals surface area contributed by atoms with E-state index in [4.69, 9.17) is 4.74 Å². The number of hydrogen-bond acceptors (Lipinski definition) is 6. The number of hydrogen-bond donors (Lipinski definition) is 1. The van der Waals surface area contributed by atoms with Crippen LogP contribution in [0.2, 0.25) is 0 Å². The Bertz CT molecular complexity index is 617. The van der Waals surface area contributed by atoms with Gasteiger partial charge in [0.2, 0.25) is 21.8 Å². The predicted molar refractivity (Wildman–Crippen MR) is 87.3 cm³/mol. The van der Waals surface area contributed by atoms with Gasteiger partial charge in [-0.1, -0.05) is 0 Å². The van der Waals surface area contributed by atoms with Gasteiger partial charge >= 0.3 is 0 Å². The van der Waals surface area contributed by atoms with Gasteiger partial charge in [-0.25, -0.2) is 13.4 Å². The Hall–Kier alpha value is -1.42. The minimum Gasteiger partial charge on any atom is -0.481 e. The fourth-order valence-corrected chi connectivity index (χ4v) is 3.18. The van der Waals surface area contributed by atoms with Gasteiger partial charge in [0.25, 0.3) is 0 Å². The van der Waals surface area contributed by atoms with Gasteiger partial charge < -0.3 is 15.0 Å². The van der Waals surface area contributed by atoms with Crippen LogP contribution in [-0.2, 0) is 14.8 Å². The maximum Gasteiger partial charge on any atom is 0.244 e. The largest absolute Gasteiger partial charge is 0.481 e. The molecule has 1 aromatic rings. The van der Waals surface area contributed by atoms with Crippen LogP contribution in [0.15, 0.2) is 23.2 Å². The van der Waals surface area contributed by atoms with Gasteiger partial charge in [0.15, 0.2) is 0 Å². The van der Waals surface area contributed by atoms with Gasteiger partial charge in [0.05, 0.1) is 19.9 Å². The molecule has 0 atom stereocenters. The van der Waals surface area contributed by atoms with E-state index < -0.39 is 10.0 Å². The summed E-state index contributed by atoms with van der Waals surface area (Å²) in [5, 5.41) is 3.14. The predicted octanol–water partition coefficient (Wildman–Crippen LogP) is -0.436. The number of amides is 1. The smallest absolute Gasteiger partial charge is 0.244 e. The highest BCUT2D eigenvalue weighted by molar-refractivity contribution is 7.89. The summed E-state index contributed by atoms with van der Waals surface area (Å²) < 4.78 is 30.8. The third kappa shape index (κ3) is 4.77. The third-order valence-corrected chi connectivity index (χ3v) is 5.24. The maximum absolute atomic E-state index is 12.4. The lowest BCUT2D eigenvalue weighted by atomic mass is 10.3. The Balaban J connectivity index is 0.00000264. The molecule has 1 N–H and O–H groups in total. The average molecular weight is 365 g/mol. The zero-order valence-electron chi connectivity index (χ0n) is 13.1. The van der Waals surface area contributed by atoms with Crippen molar-refractivity contribution in [3.05, 3.63) is 18.3 Å². The van der Waals surface area contributed by atoms with Crippen molar-refractivity contribution >= 4 is 28.3 Å². The second-order valence-corrected chi connectivity index (χ2v) is 6.97. The number of halogens is 1. The van der Waals surface area contributed by atoms with Crippen molar-refractivity contribution in [2.45, 2.75) is 4.90 Å². The standard InChI is InChI=1S/C13H20N4O4S.ClH/c1-16(10-13(18)17-7-5-14-6-8-17)22(19,20)11-3-4-12(21-2)15-9-11;/h3-4,9,14H,5-8,10H2,1-2H3;1H. The second kappa shape index (κ2) is 8.44. The monoisotopic (exact) mass is 364 g/mol. The summed E-state index contributed by atoms with van der Waals surface area (Å²) in [5.74, 6) is 0.132. The number of carbonyl (C=O) groups is 1. The first-order valence-electron chi connectivity index (χ1n) is 6.90. The Labute approximate surface area is 142 Å². The van der Waals surface area contributed by atoms with Crippen molar-refractivity contribution < 1.29 is 17.9 Å². The second-order valence-electron chi connectivity index (χ2n) is 4.93. The molecule has 0 aromatic carbocycles. The highest BCUT2D eigenvalue weighted by atomic mass is 35.5. The molecule has 10 heteroatoms. The fourth-order valence-electron chi connectivity index (χ4n) is 2.11. The Kier molecular flexibility index (Phi) is 7.20. The van der Waals surface area contributed by atoms with Crippen LogP contribution in [0.3, 0.4) is 0 Å². The number of ether oxygens (including phenoxy) is 1. The number of sulfonamides is 1. The molecule has 2 rings (SSSR count). The van der Waals surface area contributed by atoms with Gasteiger partial charge in [0, 0.05) is 39.3 Å². The quantitative estimate of drug-likeness (QED) is 0.762. The number of aromatic nitrogens is 1. The lowest BCUT2D eigenvalue weighted by molar-refractivity contribution is -0.131. The van der Waals surface area contributed by atoms with Gasteiger partial charge in [-0.15, -0.1) is 12.4 Å². The molecule has 1 aliphatic rings. The first-order valence-corrected chi connectivity index (χ1v) is 8.34. The highest BCUT2D eigenvalue weighted by Gasteiger charge is 2.26. The van der Waals surface area contributed by atoms with Crippen LogP contribution in [-0.4, -0.2) is 75.4 Å². The molecule has 0 aliphatic carbocycles. The zero-order valence-corrected chi connectivity index (χ0v) is 14.7. The molecule has 1 aliphatic heterocycles. The van der Waals surface area contributed by atoms with Crippen molar-refractivity contribution in [1.29, 1.82) is 0 Å². The van der Waals surface area contributed by atoms with Crippen LogP contribution in [0.5, 0.6) is 5.88 Å². The maximum atomic E-state index is 12.4. The van der Waals surface area contributed by atoms with Crippen LogP contribution >= 0.6 is 12.4 Å². The van der Waals surface area contributed by atoms with Crippen molar-refractivity contribution in [3.8, 4) is 5.88 Å². The van der Waals surface area contributed by atoms with E-state index in [1.807, 2.05) is 0 Å². The van der Waals surface area contributed by atoms with Gasteiger partial charge in [-0.3, -0.25) is 4.79 Å². The number of methoxy groups -OCH3 is 1. The molecule has 0 saturated carbocycles. The van der Waals surface area contributed by atoms with E-state index in [0.29, 0.717) is 19.0 Å². The average Bonchev–Trinajstić information content (AvgIpc) is 2.55. The molecule has 1 fully saturated rings. The molecule has 1 amide bonds. The van der Waals surface area contributed by atoms with E-state index in [0.717, 1.165) is 17.4 Å². The van der Waals surface area contributed by atoms with Crippen LogP contribution in [0.1, 0.15) is 0 Å². The number of nitrogens with one attached hydrogen (secondary N) is 1. The number of carbonyl (C=O) groups excluding carboxylic acids is 1. The topological polar surface area (TPSA) is 91.8 Å². The van der Waals surface area contributed by atoms with Crippen molar-refractivity contribution in [2.75, 3.05) is 46.9 Å². The van der Waals surface area contributed by atoms with Crippen LogP contribution in [0.4, 0.5) is 0 Å². The van der Waals surface area contributed by atoms with E-state index >= 15 is 0 Å². The minimum absolute atomic E-state index is 0. The molecule has 0 radical (unpaired) electrons. The lowest BCUT2D eigenvalue weighted by Gasteiger charge is -2.29. The summed E-state index contributed by atoms with van der Waals surface area (Å²) in [7, 11) is -0.904. The number of rotatable bonds is 5. The summed E-state index contributed by atoms with van der Waals surface area (Å²) >= 11 is 0. The zero-order chi connectivity index (χ0) is 16.2. The highest BCUT2D eigenvalue weighted by Crippen LogP contribution is 2.16. The Morgan fingerprint density at radius 1 is 1.39 bits per heavy atom. The van der Waals surface area contributed by atoms with E-state index in [2.05, 4.69) is 10.3 Å². The lowest BCUT2D eigenvalue weighted by Crippen LogP contribution is -2.49. The molecule has 0 bridgehead atoms. The van der Waals surface area contributed by atoms with E-state index in [-0.39, 0.29) is 29.8 Å². The fraction of sp³-hybridized carbons (Fsp3) is 0.538. The molecule has 2 heterocycles. The number of nitrogens with zero attached hydrogens (tertiary/aromatic N) is 3. The van der Waals surface area contributed by atoms with Crippen molar-refractivity contribution in [1.82, 2.24) is 19.5 Å². The molecule has 23 heavy (non-hydrogen) atoms. The summed E-state index contributed by atoms with van der Waals surface area (Å²) in [6.07, 6.45) is 1.22. The number of likely N-dealkylation sites (N-methyl/N-ethyl adjacent to an activating group) is 1. The molecule has 0 unspecified atom stereocenters. The number of piperazine rings is 1. The van der Waals surface area contributed by atoms with Gasteiger partial charge in [-0.2, -0.15) is 4.31 Å². The van der Waals surface area contributed by atoms with Crippen molar-refractivity contribution in [2.24, 2.45) is 0 Å². The first kappa shape index (κ1) is 19.6.